The fourth-order valence-corrected chi connectivity index (χ4v) is 3.44. The molecule has 0 spiro atoms. The lowest BCUT2D eigenvalue weighted by Gasteiger charge is -2.25. The molecule has 22 heavy (non-hydrogen) atoms. The van der Waals surface area contributed by atoms with Crippen molar-refractivity contribution in [2.75, 3.05) is 11.4 Å². The minimum Gasteiger partial charge on any atom is -0.353 e. The SMILES string of the molecule is c1ccc2cc(CC3CCCN3c3ccncn3)ccc2c1. The van der Waals surface area contributed by atoms with Crippen molar-refractivity contribution in [1.29, 1.82) is 0 Å². The van der Waals surface area contributed by atoms with Crippen molar-refractivity contribution in [2.24, 2.45) is 0 Å². The number of hydrogen-bond acceptors (Lipinski definition) is 3. The molecule has 2 heterocycles. The number of aromatic nitrogens is 2. The highest BCUT2D eigenvalue weighted by Crippen LogP contribution is 2.26. The molecule has 4 rings (SSSR count). The van der Waals surface area contributed by atoms with Crippen LogP contribution in [0.15, 0.2) is 61.1 Å². The van der Waals surface area contributed by atoms with E-state index in [1.165, 1.54) is 29.2 Å². The van der Waals surface area contributed by atoms with Crippen LogP contribution in [0.4, 0.5) is 5.82 Å². The van der Waals surface area contributed by atoms with Crippen molar-refractivity contribution in [2.45, 2.75) is 25.3 Å². The molecule has 1 aliphatic heterocycles. The molecule has 110 valence electrons. The first kappa shape index (κ1) is 13.3. The van der Waals surface area contributed by atoms with E-state index >= 15 is 0 Å². The van der Waals surface area contributed by atoms with E-state index < -0.39 is 0 Å². The summed E-state index contributed by atoms with van der Waals surface area (Å²) in [7, 11) is 0. The van der Waals surface area contributed by atoms with E-state index in [1.54, 1.807) is 6.33 Å². The molecule has 1 aliphatic rings. The summed E-state index contributed by atoms with van der Waals surface area (Å²) in [5, 5.41) is 2.64. The number of fused-ring (bicyclic) bond motifs is 1. The largest absolute Gasteiger partial charge is 0.353 e. The molecule has 0 amide bonds. The van der Waals surface area contributed by atoms with Gasteiger partial charge < -0.3 is 4.90 Å². The Hall–Kier alpha value is -2.42. The summed E-state index contributed by atoms with van der Waals surface area (Å²) in [6.45, 7) is 1.09. The Morgan fingerprint density at radius 3 is 2.82 bits per heavy atom. The Labute approximate surface area is 130 Å². The van der Waals surface area contributed by atoms with E-state index in [4.69, 9.17) is 0 Å². The van der Waals surface area contributed by atoms with Crippen molar-refractivity contribution < 1.29 is 0 Å². The van der Waals surface area contributed by atoms with Crippen molar-refractivity contribution in [3.8, 4) is 0 Å². The number of nitrogens with zero attached hydrogens (tertiary/aromatic N) is 3. The lowest BCUT2D eigenvalue weighted by Crippen LogP contribution is -2.31. The van der Waals surface area contributed by atoms with Gasteiger partial charge in [0.15, 0.2) is 0 Å². The van der Waals surface area contributed by atoms with Crippen LogP contribution in [-0.2, 0) is 6.42 Å². The Kier molecular flexibility index (Phi) is 3.47. The van der Waals surface area contributed by atoms with E-state index in [2.05, 4.69) is 57.3 Å². The average Bonchev–Trinajstić information content (AvgIpc) is 3.04. The molecule has 0 radical (unpaired) electrons. The van der Waals surface area contributed by atoms with Crippen molar-refractivity contribution in [1.82, 2.24) is 9.97 Å². The first-order valence-corrected chi connectivity index (χ1v) is 7.90. The average molecular weight is 289 g/mol. The summed E-state index contributed by atoms with van der Waals surface area (Å²) in [5.41, 5.74) is 1.41. The lowest BCUT2D eigenvalue weighted by atomic mass is 10.0. The molecular weight excluding hydrogens is 270 g/mol. The molecule has 3 heteroatoms. The van der Waals surface area contributed by atoms with Gasteiger partial charge in [-0.25, -0.2) is 9.97 Å². The summed E-state index contributed by atoms with van der Waals surface area (Å²) >= 11 is 0. The summed E-state index contributed by atoms with van der Waals surface area (Å²) in [6, 6.07) is 17.9. The fraction of sp³-hybridized carbons (Fsp3) is 0.263. The van der Waals surface area contributed by atoms with Crippen molar-refractivity contribution in [3.05, 3.63) is 66.6 Å². The summed E-state index contributed by atoms with van der Waals surface area (Å²) in [5.74, 6) is 1.05. The van der Waals surface area contributed by atoms with Gasteiger partial charge in [0.05, 0.1) is 0 Å². The molecule has 1 unspecified atom stereocenters. The van der Waals surface area contributed by atoms with Gasteiger partial charge in [0.25, 0.3) is 0 Å². The van der Waals surface area contributed by atoms with Crippen LogP contribution < -0.4 is 4.90 Å². The Morgan fingerprint density at radius 2 is 1.95 bits per heavy atom. The predicted molar refractivity (Wildman–Crippen MR) is 90.1 cm³/mol. The molecule has 1 saturated heterocycles. The maximum atomic E-state index is 4.42. The highest BCUT2D eigenvalue weighted by atomic mass is 15.2. The standard InChI is InChI=1S/C19H19N3/c1-2-5-17-12-15(7-8-16(17)4-1)13-18-6-3-11-22(18)19-9-10-20-14-21-19/h1-2,4-5,7-10,12,14,18H,3,6,11,13H2. The van der Waals surface area contributed by atoms with Crippen LogP contribution in [-0.4, -0.2) is 22.6 Å². The third-order valence-electron chi connectivity index (χ3n) is 4.52. The monoisotopic (exact) mass is 289 g/mol. The molecule has 0 aliphatic carbocycles. The van der Waals surface area contributed by atoms with Gasteiger partial charge >= 0.3 is 0 Å². The fourth-order valence-electron chi connectivity index (χ4n) is 3.44. The van der Waals surface area contributed by atoms with Gasteiger partial charge in [-0.15, -0.1) is 0 Å². The second kappa shape index (κ2) is 5.76. The second-order valence-electron chi connectivity index (χ2n) is 5.94. The number of rotatable bonds is 3. The zero-order valence-electron chi connectivity index (χ0n) is 12.5. The first-order valence-electron chi connectivity index (χ1n) is 7.90. The molecule has 3 nitrogen and oxygen atoms in total. The van der Waals surface area contributed by atoms with Crippen LogP contribution in [0, 0.1) is 0 Å². The first-order chi connectivity index (χ1) is 10.9. The number of hydrogen-bond donors (Lipinski definition) is 0. The van der Waals surface area contributed by atoms with E-state index in [-0.39, 0.29) is 0 Å². The van der Waals surface area contributed by atoms with Gasteiger partial charge in [-0.05, 0) is 41.7 Å². The topological polar surface area (TPSA) is 29.0 Å². The van der Waals surface area contributed by atoms with Gasteiger partial charge in [0.1, 0.15) is 12.1 Å². The molecule has 1 atom stereocenters. The van der Waals surface area contributed by atoms with E-state index in [0.29, 0.717) is 6.04 Å². The van der Waals surface area contributed by atoms with Gasteiger partial charge in [-0.2, -0.15) is 0 Å². The molecule has 0 N–H and O–H groups in total. The van der Waals surface area contributed by atoms with Crippen LogP contribution in [0.1, 0.15) is 18.4 Å². The van der Waals surface area contributed by atoms with Gasteiger partial charge in [0.2, 0.25) is 0 Å². The Morgan fingerprint density at radius 1 is 1.05 bits per heavy atom. The lowest BCUT2D eigenvalue weighted by molar-refractivity contribution is 0.658. The van der Waals surface area contributed by atoms with E-state index in [0.717, 1.165) is 18.8 Å². The van der Waals surface area contributed by atoms with Gasteiger partial charge in [0, 0.05) is 18.8 Å². The van der Waals surface area contributed by atoms with Crippen molar-refractivity contribution in [3.63, 3.8) is 0 Å². The quantitative estimate of drug-likeness (QED) is 0.733. The van der Waals surface area contributed by atoms with E-state index in [1.807, 2.05) is 12.3 Å². The van der Waals surface area contributed by atoms with Crippen LogP contribution in [0.3, 0.4) is 0 Å². The van der Waals surface area contributed by atoms with Gasteiger partial charge in [-0.3, -0.25) is 0 Å². The maximum absolute atomic E-state index is 4.42. The Balaban J connectivity index is 1.58. The van der Waals surface area contributed by atoms with Gasteiger partial charge in [-0.1, -0.05) is 42.5 Å². The van der Waals surface area contributed by atoms with Crippen LogP contribution >= 0.6 is 0 Å². The van der Waals surface area contributed by atoms with Crippen molar-refractivity contribution >= 4 is 16.6 Å². The molecule has 1 aromatic heterocycles. The summed E-state index contributed by atoms with van der Waals surface area (Å²) in [4.78, 5) is 10.9. The molecule has 1 fully saturated rings. The summed E-state index contributed by atoms with van der Waals surface area (Å²) in [6.07, 6.45) is 7.02. The third kappa shape index (κ3) is 2.54. The smallest absolute Gasteiger partial charge is 0.132 e. The number of anilines is 1. The summed E-state index contributed by atoms with van der Waals surface area (Å²) < 4.78 is 0. The predicted octanol–water partition coefficient (Wildman–Crippen LogP) is 3.84. The number of benzene rings is 2. The maximum Gasteiger partial charge on any atom is 0.132 e. The highest BCUT2D eigenvalue weighted by Gasteiger charge is 2.25. The molecular formula is C19H19N3. The molecule has 2 aromatic carbocycles. The third-order valence-corrected chi connectivity index (χ3v) is 4.52. The zero-order chi connectivity index (χ0) is 14.8. The van der Waals surface area contributed by atoms with E-state index in [9.17, 15) is 0 Å². The molecule has 3 aromatic rings. The van der Waals surface area contributed by atoms with Crippen LogP contribution in [0.5, 0.6) is 0 Å². The zero-order valence-corrected chi connectivity index (χ0v) is 12.5. The Bertz CT molecular complexity index is 770. The molecule has 0 saturated carbocycles. The normalized spacial score (nSPS) is 18.0. The minimum atomic E-state index is 0.538. The minimum absolute atomic E-state index is 0.538. The highest BCUT2D eigenvalue weighted by molar-refractivity contribution is 5.83. The van der Waals surface area contributed by atoms with Crippen LogP contribution in [0.2, 0.25) is 0 Å². The molecule has 0 bridgehead atoms. The second-order valence-corrected chi connectivity index (χ2v) is 5.94. The van der Waals surface area contributed by atoms with Crippen LogP contribution in [0.25, 0.3) is 10.8 Å².